The molecule has 122 valence electrons. The maximum Gasteiger partial charge on any atom is 0.355 e. The van der Waals surface area contributed by atoms with Crippen molar-refractivity contribution in [3.8, 4) is 0 Å². The van der Waals surface area contributed by atoms with Crippen molar-refractivity contribution in [3.63, 3.8) is 0 Å². The molecule has 0 heterocycles. The summed E-state index contributed by atoms with van der Waals surface area (Å²) < 4.78 is 5.90. The van der Waals surface area contributed by atoms with Gasteiger partial charge < -0.3 is 10.1 Å². The zero-order chi connectivity index (χ0) is 17.4. The van der Waals surface area contributed by atoms with Gasteiger partial charge in [0.25, 0.3) is 5.91 Å². The highest BCUT2D eigenvalue weighted by Crippen LogP contribution is 2.12. The van der Waals surface area contributed by atoms with Crippen LogP contribution in [0.1, 0.15) is 15.9 Å². The summed E-state index contributed by atoms with van der Waals surface area (Å²) in [5, 5.41) is 2.61. The first-order valence-corrected chi connectivity index (χ1v) is 8.01. The average molecular weight is 386 g/mol. The van der Waals surface area contributed by atoms with E-state index in [1.807, 2.05) is 30.3 Å². The standard InChI is InChI=1S/C19H16BrNO3/c1-2-12-24-19(23)17(13-14-6-4-3-5-7-14)21-18(22)15-8-10-16(20)11-9-15/h2-11,13H,1,12H2,(H,21,22). The van der Waals surface area contributed by atoms with Crippen LogP contribution in [-0.4, -0.2) is 18.5 Å². The number of esters is 1. The number of carbonyl (C=O) groups is 2. The number of carbonyl (C=O) groups excluding carboxylic acids is 2. The molecule has 0 aliphatic rings. The van der Waals surface area contributed by atoms with Crippen LogP contribution in [0.3, 0.4) is 0 Å². The van der Waals surface area contributed by atoms with Crippen LogP contribution < -0.4 is 5.32 Å². The SMILES string of the molecule is C=CCOC(=O)C(=Cc1ccccc1)NC(=O)c1ccc(Br)cc1. The van der Waals surface area contributed by atoms with Crippen LogP contribution in [0, 0.1) is 0 Å². The minimum absolute atomic E-state index is 0.0657. The Morgan fingerprint density at radius 3 is 2.38 bits per heavy atom. The Labute approximate surface area is 149 Å². The largest absolute Gasteiger partial charge is 0.457 e. The first-order chi connectivity index (χ1) is 11.6. The number of amides is 1. The van der Waals surface area contributed by atoms with E-state index in [-0.39, 0.29) is 18.2 Å². The lowest BCUT2D eigenvalue weighted by Gasteiger charge is -2.10. The summed E-state index contributed by atoms with van der Waals surface area (Å²) in [5.74, 6) is -1.01. The Morgan fingerprint density at radius 2 is 1.75 bits per heavy atom. The summed E-state index contributed by atoms with van der Waals surface area (Å²) in [6.07, 6.45) is 3.04. The van der Waals surface area contributed by atoms with Crippen LogP contribution in [0.2, 0.25) is 0 Å². The van der Waals surface area contributed by atoms with Gasteiger partial charge in [-0.2, -0.15) is 0 Å². The topological polar surface area (TPSA) is 55.4 Å². The summed E-state index contributed by atoms with van der Waals surface area (Å²) in [7, 11) is 0. The van der Waals surface area contributed by atoms with E-state index >= 15 is 0 Å². The smallest absolute Gasteiger partial charge is 0.355 e. The van der Waals surface area contributed by atoms with Crippen molar-refractivity contribution >= 4 is 33.9 Å². The molecule has 1 amide bonds. The monoisotopic (exact) mass is 385 g/mol. The third kappa shape index (κ3) is 5.21. The van der Waals surface area contributed by atoms with Crippen LogP contribution in [0.4, 0.5) is 0 Å². The van der Waals surface area contributed by atoms with Crippen molar-refractivity contribution in [1.82, 2.24) is 5.32 Å². The Kier molecular flexibility index (Phi) is 6.51. The van der Waals surface area contributed by atoms with Crippen molar-refractivity contribution in [2.75, 3.05) is 6.61 Å². The third-order valence-electron chi connectivity index (χ3n) is 3.02. The third-order valence-corrected chi connectivity index (χ3v) is 3.55. The summed E-state index contributed by atoms with van der Waals surface area (Å²) in [6, 6.07) is 16.0. The van der Waals surface area contributed by atoms with Crippen LogP contribution in [0.15, 0.2) is 77.4 Å². The molecule has 0 aliphatic carbocycles. The lowest BCUT2D eigenvalue weighted by atomic mass is 10.1. The van der Waals surface area contributed by atoms with E-state index in [9.17, 15) is 9.59 Å². The van der Waals surface area contributed by atoms with Gasteiger partial charge in [-0.3, -0.25) is 4.79 Å². The predicted molar refractivity (Wildman–Crippen MR) is 97.2 cm³/mol. The maximum atomic E-state index is 12.3. The van der Waals surface area contributed by atoms with Gasteiger partial charge in [0.15, 0.2) is 0 Å². The fourth-order valence-corrected chi connectivity index (χ4v) is 2.13. The zero-order valence-electron chi connectivity index (χ0n) is 12.9. The Morgan fingerprint density at radius 1 is 1.08 bits per heavy atom. The molecule has 4 nitrogen and oxygen atoms in total. The van der Waals surface area contributed by atoms with Gasteiger partial charge in [-0.1, -0.05) is 58.9 Å². The van der Waals surface area contributed by atoms with Crippen molar-refractivity contribution in [2.24, 2.45) is 0 Å². The maximum absolute atomic E-state index is 12.3. The molecule has 0 unspecified atom stereocenters. The second-order valence-corrected chi connectivity index (χ2v) is 5.73. The highest BCUT2D eigenvalue weighted by Gasteiger charge is 2.15. The van der Waals surface area contributed by atoms with Gasteiger partial charge in [0.05, 0.1) is 0 Å². The van der Waals surface area contributed by atoms with E-state index in [4.69, 9.17) is 4.74 Å². The van der Waals surface area contributed by atoms with Gasteiger partial charge in [-0.15, -0.1) is 0 Å². The number of ether oxygens (including phenoxy) is 1. The van der Waals surface area contributed by atoms with Crippen molar-refractivity contribution in [1.29, 1.82) is 0 Å². The van der Waals surface area contributed by atoms with Crippen molar-refractivity contribution in [3.05, 3.63) is 88.5 Å². The molecule has 0 aliphatic heterocycles. The molecule has 24 heavy (non-hydrogen) atoms. The molecule has 0 saturated carbocycles. The number of hydrogen-bond acceptors (Lipinski definition) is 3. The van der Waals surface area contributed by atoms with E-state index in [1.54, 1.807) is 30.3 Å². The average Bonchev–Trinajstić information content (AvgIpc) is 2.60. The number of halogens is 1. The number of benzene rings is 2. The van der Waals surface area contributed by atoms with E-state index in [0.29, 0.717) is 5.56 Å². The quantitative estimate of drug-likeness (QED) is 0.465. The fourth-order valence-electron chi connectivity index (χ4n) is 1.87. The molecular weight excluding hydrogens is 370 g/mol. The number of nitrogens with one attached hydrogen (secondary N) is 1. The van der Waals surface area contributed by atoms with Gasteiger partial charge >= 0.3 is 5.97 Å². The van der Waals surface area contributed by atoms with E-state index in [1.165, 1.54) is 6.08 Å². The molecule has 1 N–H and O–H groups in total. The molecule has 0 atom stereocenters. The number of rotatable bonds is 6. The Balaban J connectivity index is 2.23. The minimum atomic E-state index is -0.621. The van der Waals surface area contributed by atoms with Crippen LogP contribution in [0.5, 0.6) is 0 Å². The van der Waals surface area contributed by atoms with Gasteiger partial charge in [0.1, 0.15) is 12.3 Å². The Hall–Kier alpha value is -2.66. The summed E-state index contributed by atoms with van der Waals surface area (Å²) in [4.78, 5) is 24.5. The molecule has 2 aromatic rings. The predicted octanol–water partition coefficient (Wildman–Crippen LogP) is 3.95. The van der Waals surface area contributed by atoms with Crippen molar-refractivity contribution < 1.29 is 14.3 Å². The molecule has 5 heteroatoms. The number of hydrogen-bond donors (Lipinski definition) is 1. The second-order valence-electron chi connectivity index (χ2n) is 4.82. The lowest BCUT2D eigenvalue weighted by Crippen LogP contribution is -2.28. The summed E-state index contributed by atoms with van der Waals surface area (Å²) >= 11 is 3.31. The first kappa shape index (κ1) is 17.7. The first-order valence-electron chi connectivity index (χ1n) is 7.22. The molecule has 0 spiro atoms. The van der Waals surface area contributed by atoms with Crippen LogP contribution in [0.25, 0.3) is 6.08 Å². The molecule has 0 fully saturated rings. The highest BCUT2D eigenvalue weighted by atomic mass is 79.9. The van der Waals surface area contributed by atoms with Crippen LogP contribution >= 0.6 is 15.9 Å². The molecule has 0 radical (unpaired) electrons. The van der Waals surface area contributed by atoms with Crippen molar-refractivity contribution in [2.45, 2.75) is 0 Å². The molecule has 2 rings (SSSR count). The van der Waals surface area contributed by atoms with Gasteiger partial charge in [0, 0.05) is 10.0 Å². The molecule has 0 saturated heterocycles. The summed E-state index contributed by atoms with van der Waals surface area (Å²) in [5.41, 5.74) is 1.28. The van der Waals surface area contributed by atoms with Gasteiger partial charge in [-0.25, -0.2) is 4.79 Å². The lowest BCUT2D eigenvalue weighted by molar-refractivity contribution is -0.138. The van der Waals surface area contributed by atoms with E-state index in [2.05, 4.69) is 27.8 Å². The fraction of sp³-hybridized carbons (Fsp3) is 0.0526. The molecule has 0 aromatic heterocycles. The van der Waals surface area contributed by atoms with Gasteiger partial charge in [-0.05, 0) is 35.9 Å². The summed E-state index contributed by atoms with van der Waals surface area (Å²) in [6.45, 7) is 3.57. The van der Waals surface area contributed by atoms with E-state index < -0.39 is 5.97 Å². The highest BCUT2D eigenvalue weighted by molar-refractivity contribution is 9.10. The van der Waals surface area contributed by atoms with Gasteiger partial charge in [0.2, 0.25) is 0 Å². The minimum Gasteiger partial charge on any atom is -0.457 e. The normalized spacial score (nSPS) is 10.8. The second kappa shape index (κ2) is 8.84. The van der Waals surface area contributed by atoms with Crippen LogP contribution in [-0.2, 0) is 9.53 Å². The molecule has 0 bridgehead atoms. The molecule has 2 aromatic carbocycles. The molecular formula is C19H16BrNO3. The Bertz CT molecular complexity index is 752. The zero-order valence-corrected chi connectivity index (χ0v) is 14.5. The van der Waals surface area contributed by atoms with E-state index in [0.717, 1.165) is 10.0 Å².